The highest BCUT2D eigenvalue weighted by Crippen LogP contribution is 2.19. The van der Waals surface area contributed by atoms with Crippen LogP contribution in [-0.4, -0.2) is 37.9 Å². The van der Waals surface area contributed by atoms with Crippen molar-refractivity contribution in [2.75, 3.05) is 20.3 Å². The number of methoxy groups -OCH3 is 1. The van der Waals surface area contributed by atoms with Crippen molar-refractivity contribution in [1.82, 2.24) is 0 Å². The summed E-state index contributed by atoms with van der Waals surface area (Å²) in [5.41, 5.74) is 9.88. The summed E-state index contributed by atoms with van der Waals surface area (Å²) in [6.07, 6.45) is -0.00958. The second-order valence-electron chi connectivity index (χ2n) is 2.95. The molecular formula is C7H14N2O3. The third-order valence-electron chi connectivity index (χ3n) is 2.25. The summed E-state index contributed by atoms with van der Waals surface area (Å²) < 4.78 is 10.1. The van der Waals surface area contributed by atoms with Crippen molar-refractivity contribution < 1.29 is 14.3 Å². The van der Waals surface area contributed by atoms with E-state index < -0.39 is 17.6 Å². The summed E-state index contributed by atoms with van der Waals surface area (Å²) in [5.74, 6) is -0.530. The Kier molecular flexibility index (Phi) is 2.66. The van der Waals surface area contributed by atoms with E-state index in [1.165, 1.54) is 7.11 Å². The molecule has 70 valence electrons. The van der Waals surface area contributed by atoms with Crippen molar-refractivity contribution in [3.63, 3.8) is 0 Å². The van der Waals surface area contributed by atoms with Gasteiger partial charge in [-0.25, -0.2) is 0 Å². The van der Waals surface area contributed by atoms with Crippen LogP contribution < -0.4 is 11.5 Å². The summed E-state index contributed by atoms with van der Waals surface area (Å²) >= 11 is 0. The number of carbonyl (C=O) groups is 1. The van der Waals surface area contributed by atoms with E-state index in [9.17, 15) is 4.79 Å². The Bertz CT molecular complexity index is 185. The molecule has 0 radical (unpaired) electrons. The molecule has 1 aliphatic heterocycles. The van der Waals surface area contributed by atoms with Crippen molar-refractivity contribution in [1.29, 1.82) is 0 Å². The molecule has 1 fully saturated rings. The second kappa shape index (κ2) is 3.38. The van der Waals surface area contributed by atoms with Gasteiger partial charge in [0.25, 0.3) is 0 Å². The Morgan fingerprint density at radius 2 is 2.42 bits per heavy atom. The van der Waals surface area contributed by atoms with Crippen LogP contribution in [0.2, 0.25) is 0 Å². The molecule has 0 aliphatic carbocycles. The fraction of sp³-hybridized carbons (Fsp3) is 0.857. The molecular weight excluding hydrogens is 160 g/mol. The van der Waals surface area contributed by atoms with Crippen LogP contribution in [-0.2, 0) is 14.3 Å². The highest BCUT2D eigenvalue weighted by atomic mass is 16.5. The number of hydrogen-bond donors (Lipinski definition) is 2. The van der Waals surface area contributed by atoms with Gasteiger partial charge in [-0.15, -0.1) is 0 Å². The van der Waals surface area contributed by atoms with Crippen molar-refractivity contribution >= 4 is 5.91 Å². The van der Waals surface area contributed by atoms with Gasteiger partial charge in [-0.2, -0.15) is 0 Å². The number of ether oxygens (including phenoxy) is 2. The monoisotopic (exact) mass is 174 g/mol. The third-order valence-corrected chi connectivity index (χ3v) is 2.25. The van der Waals surface area contributed by atoms with Crippen molar-refractivity contribution in [3.05, 3.63) is 0 Å². The predicted octanol–water partition coefficient (Wildman–Crippen LogP) is -1.40. The minimum absolute atomic E-state index is 0.329. The summed E-state index contributed by atoms with van der Waals surface area (Å²) in [6, 6.07) is 0. The Morgan fingerprint density at radius 1 is 1.75 bits per heavy atom. The minimum Gasteiger partial charge on any atom is -0.379 e. The van der Waals surface area contributed by atoms with E-state index in [0.29, 0.717) is 19.6 Å². The van der Waals surface area contributed by atoms with Gasteiger partial charge in [-0.05, 0) is 0 Å². The van der Waals surface area contributed by atoms with Gasteiger partial charge in [0, 0.05) is 20.1 Å². The Morgan fingerprint density at radius 3 is 2.83 bits per heavy atom. The van der Waals surface area contributed by atoms with E-state index in [0.717, 1.165) is 0 Å². The lowest BCUT2D eigenvalue weighted by Crippen LogP contribution is -2.64. The lowest BCUT2D eigenvalue weighted by Gasteiger charge is -2.37. The maximum absolute atomic E-state index is 11.0. The Labute approximate surface area is 71.0 Å². The number of rotatable bonds is 2. The highest BCUT2D eigenvalue weighted by Gasteiger charge is 2.43. The molecule has 1 rings (SSSR count). The van der Waals surface area contributed by atoms with E-state index in [4.69, 9.17) is 20.9 Å². The van der Waals surface area contributed by atoms with Crippen LogP contribution in [0.25, 0.3) is 0 Å². The molecule has 1 heterocycles. The van der Waals surface area contributed by atoms with Crippen LogP contribution in [0.3, 0.4) is 0 Å². The fourth-order valence-electron chi connectivity index (χ4n) is 1.30. The van der Waals surface area contributed by atoms with Crippen LogP contribution in [0.5, 0.6) is 0 Å². The van der Waals surface area contributed by atoms with Crippen LogP contribution >= 0.6 is 0 Å². The number of nitrogens with two attached hydrogens (primary N) is 2. The molecule has 1 saturated heterocycles. The van der Waals surface area contributed by atoms with Gasteiger partial charge in [0.2, 0.25) is 5.91 Å². The van der Waals surface area contributed by atoms with Gasteiger partial charge >= 0.3 is 0 Å². The molecule has 1 aliphatic rings. The van der Waals surface area contributed by atoms with Gasteiger partial charge in [0.05, 0.1) is 6.61 Å². The fourth-order valence-corrected chi connectivity index (χ4v) is 1.30. The summed E-state index contributed by atoms with van der Waals surface area (Å²) in [5, 5.41) is 0. The SMILES string of the molecule is COC1COCCC1(N)C(N)=O. The first-order valence-electron chi connectivity index (χ1n) is 3.80. The smallest absolute Gasteiger partial charge is 0.240 e. The first kappa shape index (κ1) is 9.44. The van der Waals surface area contributed by atoms with Crippen molar-refractivity contribution in [3.8, 4) is 0 Å². The quantitative estimate of drug-likeness (QED) is 0.539. The molecule has 0 aromatic heterocycles. The lowest BCUT2D eigenvalue weighted by molar-refractivity contribution is -0.138. The molecule has 5 heteroatoms. The summed E-state index contributed by atoms with van der Waals surface area (Å²) in [7, 11) is 1.49. The first-order valence-corrected chi connectivity index (χ1v) is 3.80. The van der Waals surface area contributed by atoms with Gasteiger partial charge in [0.15, 0.2) is 0 Å². The normalized spacial score (nSPS) is 36.3. The van der Waals surface area contributed by atoms with E-state index in [1.54, 1.807) is 0 Å². The number of amides is 1. The topological polar surface area (TPSA) is 87.6 Å². The zero-order chi connectivity index (χ0) is 9.19. The Hall–Kier alpha value is -0.650. The van der Waals surface area contributed by atoms with Crippen LogP contribution in [0.15, 0.2) is 0 Å². The molecule has 4 N–H and O–H groups in total. The molecule has 2 atom stereocenters. The molecule has 5 nitrogen and oxygen atoms in total. The second-order valence-corrected chi connectivity index (χ2v) is 2.95. The summed E-state index contributed by atoms with van der Waals surface area (Å²) in [4.78, 5) is 11.0. The molecule has 0 bridgehead atoms. The molecule has 0 aromatic carbocycles. The van der Waals surface area contributed by atoms with Gasteiger partial charge in [0.1, 0.15) is 11.6 Å². The maximum Gasteiger partial charge on any atom is 0.240 e. The first-order chi connectivity index (χ1) is 5.61. The largest absolute Gasteiger partial charge is 0.379 e. The molecule has 2 unspecified atom stereocenters. The van der Waals surface area contributed by atoms with E-state index >= 15 is 0 Å². The zero-order valence-electron chi connectivity index (χ0n) is 7.08. The third kappa shape index (κ3) is 1.43. The van der Waals surface area contributed by atoms with Gasteiger partial charge < -0.3 is 20.9 Å². The standard InChI is InChI=1S/C7H14N2O3/c1-11-5-4-12-3-2-7(5,9)6(8)10/h5H,2-4,9H2,1H3,(H2,8,10). The average molecular weight is 174 g/mol. The number of primary amides is 1. The predicted molar refractivity (Wildman–Crippen MR) is 42.3 cm³/mol. The number of carbonyl (C=O) groups excluding carboxylic acids is 1. The highest BCUT2D eigenvalue weighted by molar-refractivity contribution is 5.85. The van der Waals surface area contributed by atoms with Crippen LogP contribution in [0, 0.1) is 0 Å². The van der Waals surface area contributed by atoms with Crippen LogP contribution in [0.4, 0.5) is 0 Å². The van der Waals surface area contributed by atoms with E-state index in [1.807, 2.05) is 0 Å². The van der Waals surface area contributed by atoms with Gasteiger partial charge in [-0.3, -0.25) is 4.79 Å². The minimum atomic E-state index is -1.06. The zero-order valence-corrected chi connectivity index (χ0v) is 7.08. The molecule has 0 saturated carbocycles. The van der Waals surface area contributed by atoms with E-state index in [-0.39, 0.29) is 0 Å². The van der Waals surface area contributed by atoms with Crippen LogP contribution in [0.1, 0.15) is 6.42 Å². The van der Waals surface area contributed by atoms with Crippen molar-refractivity contribution in [2.45, 2.75) is 18.1 Å². The number of hydrogen-bond acceptors (Lipinski definition) is 4. The molecule has 0 spiro atoms. The molecule has 12 heavy (non-hydrogen) atoms. The van der Waals surface area contributed by atoms with E-state index in [2.05, 4.69) is 0 Å². The van der Waals surface area contributed by atoms with Crippen molar-refractivity contribution in [2.24, 2.45) is 11.5 Å². The summed E-state index contributed by atoms with van der Waals surface area (Å²) in [6.45, 7) is 0.787. The molecule has 0 aromatic rings. The average Bonchev–Trinajstić information content (AvgIpc) is 2.05. The Balaban J connectivity index is 2.75. The molecule has 1 amide bonds. The van der Waals surface area contributed by atoms with Gasteiger partial charge in [-0.1, -0.05) is 0 Å². The maximum atomic E-state index is 11.0. The lowest BCUT2D eigenvalue weighted by atomic mass is 9.88.